The molecule has 0 aliphatic carbocycles. The van der Waals surface area contributed by atoms with Crippen molar-refractivity contribution in [2.45, 2.75) is 26.0 Å². The molecule has 0 unspecified atom stereocenters. The maximum absolute atomic E-state index is 11.8. The molecular weight excluding hydrogens is 226 g/mol. The zero-order chi connectivity index (χ0) is 12.9. The van der Waals surface area contributed by atoms with Crippen molar-refractivity contribution in [1.82, 2.24) is 4.90 Å². The topological polar surface area (TPSA) is 87.1 Å². The Hall–Kier alpha value is -1.56. The van der Waals surface area contributed by atoms with Gasteiger partial charge in [-0.3, -0.25) is 9.69 Å². The lowest BCUT2D eigenvalue weighted by Gasteiger charge is -2.45. The molecule has 2 heterocycles. The average molecular weight is 241 g/mol. The number of carbonyl (C=O) groups excluding carboxylic acids is 1. The van der Waals surface area contributed by atoms with Gasteiger partial charge in [0.05, 0.1) is 25.2 Å². The van der Waals surface area contributed by atoms with Crippen molar-refractivity contribution >= 4 is 11.9 Å². The lowest BCUT2D eigenvalue weighted by Crippen LogP contribution is -2.63. The zero-order valence-electron chi connectivity index (χ0n) is 9.88. The van der Waals surface area contributed by atoms with Crippen LogP contribution >= 0.6 is 0 Å². The Morgan fingerprint density at radius 1 is 1.53 bits per heavy atom. The summed E-state index contributed by atoms with van der Waals surface area (Å²) in [5.74, 6) is -1.95. The number of hydrogen-bond donors (Lipinski definition) is 2. The maximum atomic E-state index is 11.8. The van der Waals surface area contributed by atoms with Gasteiger partial charge in [-0.25, -0.2) is 4.79 Å². The van der Waals surface area contributed by atoms with Gasteiger partial charge in [0.2, 0.25) is 5.91 Å². The summed E-state index contributed by atoms with van der Waals surface area (Å²) in [7, 11) is 1.39. The van der Waals surface area contributed by atoms with Crippen LogP contribution < -0.4 is 0 Å². The number of rotatable bonds is 3. The number of nitrogens with zero attached hydrogens (tertiary/aromatic N) is 1. The highest BCUT2D eigenvalue weighted by atomic mass is 16.5. The van der Waals surface area contributed by atoms with Crippen LogP contribution in [0.15, 0.2) is 11.5 Å². The van der Waals surface area contributed by atoms with Crippen LogP contribution in [0.25, 0.3) is 0 Å². The van der Waals surface area contributed by atoms with Crippen molar-refractivity contribution < 1.29 is 24.5 Å². The van der Waals surface area contributed by atoms with E-state index in [0.717, 1.165) is 0 Å². The van der Waals surface area contributed by atoms with Crippen molar-refractivity contribution in [3.63, 3.8) is 0 Å². The van der Waals surface area contributed by atoms with Crippen LogP contribution in [0.4, 0.5) is 0 Å². The lowest BCUT2D eigenvalue weighted by atomic mass is 9.79. The standard InChI is InChI=1S/C11H15NO5/c1-4-7-6(5(2)13)10(14)12(7)8(11(15)16)9(4)17-3/h4-7,13H,1-3H3,(H,15,16)/t4-,5-,6-,7-/m1/s1. The van der Waals surface area contributed by atoms with Crippen LogP contribution in [0.1, 0.15) is 13.8 Å². The quantitative estimate of drug-likeness (QED) is 0.667. The average Bonchev–Trinajstić information content (AvgIpc) is 2.47. The molecule has 1 saturated heterocycles. The summed E-state index contributed by atoms with van der Waals surface area (Å²) in [6.45, 7) is 3.34. The van der Waals surface area contributed by atoms with Gasteiger partial charge in [0.1, 0.15) is 5.76 Å². The molecule has 1 amide bonds. The molecule has 6 nitrogen and oxygen atoms in total. The van der Waals surface area contributed by atoms with Gasteiger partial charge in [-0.1, -0.05) is 6.92 Å². The van der Waals surface area contributed by atoms with Gasteiger partial charge in [0, 0.05) is 5.92 Å². The fraction of sp³-hybridized carbons (Fsp3) is 0.636. The third-order valence-corrected chi connectivity index (χ3v) is 3.53. The number of β-lactam (4-membered cyclic amide) rings is 1. The second-order valence-corrected chi connectivity index (χ2v) is 4.48. The summed E-state index contributed by atoms with van der Waals surface area (Å²) >= 11 is 0. The summed E-state index contributed by atoms with van der Waals surface area (Å²) in [5, 5.41) is 18.6. The van der Waals surface area contributed by atoms with E-state index in [4.69, 9.17) is 9.84 Å². The third-order valence-electron chi connectivity index (χ3n) is 3.53. The largest absolute Gasteiger partial charge is 0.498 e. The molecule has 0 radical (unpaired) electrons. The number of aliphatic hydroxyl groups is 1. The first kappa shape index (κ1) is 11.9. The molecule has 17 heavy (non-hydrogen) atoms. The molecule has 2 N–H and O–H groups in total. The van der Waals surface area contributed by atoms with Crippen molar-refractivity contribution in [2.24, 2.45) is 11.8 Å². The van der Waals surface area contributed by atoms with Crippen LogP contribution in [0.3, 0.4) is 0 Å². The molecule has 0 aromatic heterocycles. The molecule has 94 valence electrons. The molecule has 0 bridgehead atoms. The van der Waals surface area contributed by atoms with Gasteiger partial charge in [0.15, 0.2) is 5.70 Å². The van der Waals surface area contributed by atoms with Gasteiger partial charge >= 0.3 is 5.97 Å². The summed E-state index contributed by atoms with van der Waals surface area (Å²) in [6, 6.07) is -0.302. The van der Waals surface area contributed by atoms with Crippen molar-refractivity contribution in [1.29, 1.82) is 0 Å². The highest BCUT2D eigenvalue weighted by molar-refractivity contribution is 5.99. The fourth-order valence-electron chi connectivity index (χ4n) is 2.80. The van der Waals surface area contributed by atoms with E-state index in [1.807, 2.05) is 0 Å². The van der Waals surface area contributed by atoms with Crippen LogP contribution in [-0.2, 0) is 14.3 Å². The Balaban J connectivity index is 2.39. The number of hydrogen-bond acceptors (Lipinski definition) is 4. The number of aliphatic hydroxyl groups excluding tert-OH is 1. The van der Waals surface area contributed by atoms with E-state index >= 15 is 0 Å². The summed E-state index contributed by atoms with van der Waals surface area (Å²) in [4.78, 5) is 24.2. The fourth-order valence-corrected chi connectivity index (χ4v) is 2.80. The number of carbonyl (C=O) groups is 2. The van der Waals surface area contributed by atoms with Crippen LogP contribution in [-0.4, -0.2) is 46.2 Å². The Morgan fingerprint density at radius 2 is 2.12 bits per heavy atom. The number of carboxylic acid groups (broad SMARTS) is 1. The van der Waals surface area contributed by atoms with Crippen LogP contribution in [0, 0.1) is 11.8 Å². The van der Waals surface area contributed by atoms with E-state index in [-0.39, 0.29) is 23.6 Å². The molecule has 0 aromatic rings. The molecule has 0 spiro atoms. The maximum Gasteiger partial charge on any atom is 0.356 e. The van der Waals surface area contributed by atoms with Crippen molar-refractivity contribution in [3.05, 3.63) is 11.5 Å². The monoisotopic (exact) mass is 241 g/mol. The van der Waals surface area contributed by atoms with Gasteiger partial charge < -0.3 is 14.9 Å². The summed E-state index contributed by atoms with van der Waals surface area (Å²) in [6.07, 6.45) is -0.780. The van der Waals surface area contributed by atoms with E-state index in [9.17, 15) is 14.7 Å². The van der Waals surface area contributed by atoms with E-state index < -0.39 is 18.0 Å². The van der Waals surface area contributed by atoms with E-state index in [1.165, 1.54) is 18.9 Å². The van der Waals surface area contributed by atoms with Gasteiger partial charge in [-0.2, -0.15) is 0 Å². The Kier molecular flexibility index (Phi) is 2.61. The number of carboxylic acids is 1. The molecule has 0 aromatic carbocycles. The molecule has 2 aliphatic heterocycles. The molecule has 2 rings (SSSR count). The number of fused-ring (bicyclic) bond motifs is 1. The second-order valence-electron chi connectivity index (χ2n) is 4.48. The molecule has 6 heteroatoms. The highest BCUT2D eigenvalue weighted by Gasteiger charge is 2.60. The highest BCUT2D eigenvalue weighted by Crippen LogP contribution is 2.47. The van der Waals surface area contributed by atoms with Gasteiger partial charge in [-0.05, 0) is 6.92 Å². The minimum atomic E-state index is -1.17. The van der Waals surface area contributed by atoms with Crippen molar-refractivity contribution in [3.8, 4) is 0 Å². The Morgan fingerprint density at radius 3 is 2.53 bits per heavy atom. The Bertz CT molecular complexity index is 414. The summed E-state index contributed by atoms with van der Waals surface area (Å²) < 4.78 is 5.08. The molecular formula is C11H15NO5. The molecule has 4 atom stereocenters. The number of aliphatic carboxylic acids is 1. The smallest absolute Gasteiger partial charge is 0.356 e. The van der Waals surface area contributed by atoms with Gasteiger partial charge in [-0.15, -0.1) is 0 Å². The minimum absolute atomic E-state index is 0.0908. The van der Waals surface area contributed by atoms with E-state index in [2.05, 4.69) is 0 Å². The molecule has 1 fully saturated rings. The normalized spacial score (nSPS) is 33.3. The van der Waals surface area contributed by atoms with Crippen LogP contribution in [0.2, 0.25) is 0 Å². The first-order valence-electron chi connectivity index (χ1n) is 5.44. The zero-order valence-corrected chi connectivity index (χ0v) is 9.88. The predicted octanol–water partition coefficient (Wildman–Crippen LogP) is -0.214. The first-order valence-corrected chi connectivity index (χ1v) is 5.44. The van der Waals surface area contributed by atoms with E-state index in [0.29, 0.717) is 5.76 Å². The predicted molar refractivity (Wildman–Crippen MR) is 56.6 cm³/mol. The lowest BCUT2D eigenvalue weighted by molar-refractivity contribution is -0.163. The SMILES string of the molecule is COC1=C(C(=O)O)N2C(=O)[C@H]([C@@H](C)O)[C@H]2[C@H]1C. The number of ether oxygens (including phenoxy) is 1. The number of amides is 1. The number of methoxy groups -OCH3 is 1. The van der Waals surface area contributed by atoms with E-state index in [1.54, 1.807) is 6.92 Å². The first-order chi connectivity index (χ1) is 7.91. The third kappa shape index (κ3) is 1.37. The van der Waals surface area contributed by atoms with Crippen LogP contribution in [0.5, 0.6) is 0 Å². The summed E-state index contributed by atoms with van der Waals surface area (Å²) in [5.41, 5.74) is -0.0908. The molecule has 0 saturated carbocycles. The molecule has 2 aliphatic rings. The second kappa shape index (κ2) is 3.73. The Labute approximate surface area is 98.5 Å². The van der Waals surface area contributed by atoms with Crippen molar-refractivity contribution in [2.75, 3.05) is 7.11 Å². The van der Waals surface area contributed by atoms with Gasteiger partial charge in [0.25, 0.3) is 0 Å². The minimum Gasteiger partial charge on any atom is -0.498 e.